The number of halogens is 2. The topological polar surface area (TPSA) is 112 Å². The number of likely N-dealkylation sites (tertiary alicyclic amines) is 1. The first-order valence-electron chi connectivity index (χ1n) is 13.0. The van der Waals surface area contributed by atoms with Gasteiger partial charge in [0.2, 0.25) is 5.91 Å². The molecule has 3 aliphatic rings. The smallest absolute Gasteiger partial charge is 0.347 e. The van der Waals surface area contributed by atoms with Gasteiger partial charge in [0.25, 0.3) is 0 Å². The summed E-state index contributed by atoms with van der Waals surface area (Å²) in [6.07, 6.45) is 1.88. The quantitative estimate of drug-likeness (QED) is 0.468. The number of β-amino-alcohol motifs (C(OH)–C–C–N with tert-alkyl or cyclic N) is 1. The second-order valence-electron chi connectivity index (χ2n) is 11.2. The average molecular weight is 578 g/mol. The number of benzene rings is 2. The van der Waals surface area contributed by atoms with Crippen molar-refractivity contribution in [1.82, 2.24) is 4.90 Å². The van der Waals surface area contributed by atoms with Crippen molar-refractivity contribution in [2.24, 2.45) is 0 Å². The van der Waals surface area contributed by atoms with Crippen LogP contribution in [0.2, 0.25) is 10.0 Å². The van der Waals surface area contributed by atoms with Gasteiger partial charge in [0.05, 0.1) is 28.5 Å². The van der Waals surface area contributed by atoms with Crippen LogP contribution in [0.25, 0.3) is 0 Å². The number of rotatable bonds is 6. The Morgan fingerprint density at radius 2 is 1.87 bits per heavy atom. The summed E-state index contributed by atoms with van der Waals surface area (Å²) in [5, 5.41) is 24.3. The molecule has 3 heterocycles. The highest BCUT2D eigenvalue weighted by atomic mass is 35.5. The number of piperidine rings is 1. The normalized spacial score (nSPS) is 22.5. The highest BCUT2D eigenvalue weighted by Crippen LogP contribution is 2.44. The van der Waals surface area contributed by atoms with Crippen LogP contribution in [0.1, 0.15) is 39.2 Å². The van der Waals surface area contributed by atoms with Gasteiger partial charge in [-0.15, -0.1) is 0 Å². The van der Waals surface area contributed by atoms with Crippen molar-refractivity contribution in [2.75, 3.05) is 36.4 Å². The van der Waals surface area contributed by atoms with Crippen molar-refractivity contribution in [3.63, 3.8) is 0 Å². The van der Waals surface area contributed by atoms with E-state index in [9.17, 15) is 19.8 Å². The number of carboxylic acid groups (broad SMARTS) is 1. The fraction of sp³-hybridized carbons (Fsp3) is 0.500. The van der Waals surface area contributed by atoms with E-state index in [-0.39, 0.29) is 28.3 Å². The van der Waals surface area contributed by atoms with Gasteiger partial charge in [-0.05, 0) is 43.7 Å². The van der Waals surface area contributed by atoms with E-state index in [4.69, 9.17) is 32.7 Å². The molecule has 0 saturated carbocycles. The van der Waals surface area contributed by atoms with Gasteiger partial charge in [-0.2, -0.15) is 0 Å². The van der Waals surface area contributed by atoms with E-state index in [1.807, 2.05) is 23.1 Å². The molecule has 210 valence electrons. The Morgan fingerprint density at radius 3 is 2.54 bits per heavy atom. The van der Waals surface area contributed by atoms with Crippen LogP contribution >= 0.6 is 23.2 Å². The van der Waals surface area contributed by atoms with Gasteiger partial charge in [0.15, 0.2) is 5.60 Å². The summed E-state index contributed by atoms with van der Waals surface area (Å²) in [6.45, 7) is 6.68. The van der Waals surface area contributed by atoms with Crippen LogP contribution in [0, 0.1) is 0 Å². The summed E-state index contributed by atoms with van der Waals surface area (Å²) in [4.78, 5) is 27.8. The number of aliphatic hydroxyl groups is 1. The molecule has 1 amide bonds. The van der Waals surface area contributed by atoms with E-state index in [0.717, 1.165) is 43.7 Å². The third-order valence-corrected chi connectivity index (χ3v) is 8.41. The number of nitrogens with zero attached hydrogens (tertiary/aromatic N) is 2. The maximum absolute atomic E-state index is 11.9. The monoisotopic (exact) mass is 577 g/mol. The molecule has 0 bridgehead atoms. The van der Waals surface area contributed by atoms with E-state index >= 15 is 0 Å². The van der Waals surface area contributed by atoms with Crippen LogP contribution in [-0.4, -0.2) is 76.5 Å². The lowest BCUT2D eigenvalue weighted by molar-refractivity contribution is -0.152. The van der Waals surface area contributed by atoms with Gasteiger partial charge in [-0.1, -0.05) is 23.2 Å². The molecular weight excluding hydrogens is 545 g/mol. The molecule has 9 nitrogen and oxygen atoms in total. The van der Waals surface area contributed by atoms with E-state index in [2.05, 4.69) is 10.2 Å². The van der Waals surface area contributed by atoms with Gasteiger partial charge in [-0.25, -0.2) is 4.79 Å². The second kappa shape index (κ2) is 10.4. The number of carbonyl (C=O) groups excluding carboxylic acids is 1. The van der Waals surface area contributed by atoms with Crippen molar-refractivity contribution < 1.29 is 29.3 Å². The summed E-state index contributed by atoms with van der Waals surface area (Å²) in [7, 11) is 0. The Labute approximate surface area is 237 Å². The van der Waals surface area contributed by atoms with Crippen LogP contribution in [0.15, 0.2) is 30.3 Å². The van der Waals surface area contributed by atoms with Crippen LogP contribution in [-0.2, 0) is 16.0 Å². The zero-order chi connectivity index (χ0) is 28.1. The molecule has 0 radical (unpaired) electrons. The Hall–Kier alpha value is -2.72. The predicted molar refractivity (Wildman–Crippen MR) is 149 cm³/mol. The van der Waals surface area contributed by atoms with E-state index in [0.29, 0.717) is 29.5 Å². The molecule has 0 aromatic heterocycles. The van der Waals surface area contributed by atoms with Crippen LogP contribution in [0.3, 0.4) is 0 Å². The first-order chi connectivity index (χ1) is 18.4. The largest absolute Gasteiger partial charge is 0.487 e. The lowest BCUT2D eigenvalue weighted by atomic mass is 9.86. The van der Waals surface area contributed by atoms with Gasteiger partial charge in [0.1, 0.15) is 17.1 Å². The molecule has 5 rings (SSSR count). The zero-order valence-electron chi connectivity index (χ0n) is 22.2. The fourth-order valence-corrected chi connectivity index (χ4v) is 6.16. The van der Waals surface area contributed by atoms with Crippen molar-refractivity contribution in [3.8, 4) is 11.5 Å². The fourth-order valence-electron chi connectivity index (χ4n) is 5.76. The molecule has 2 fully saturated rings. The summed E-state index contributed by atoms with van der Waals surface area (Å²) in [5.74, 6) is -0.326. The molecule has 3 N–H and O–H groups in total. The van der Waals surface area contributed by atoms with Gasteiger partial charge in [-0.3, -0.25) is 9.69 Å². The summed E-state index contributed by atoms with van der Waals surface area (Å²) < 4.78 is 12.1. The molecule has 2 aromatic rings. The molecule has 0 aliphatic carbocycles. The van der Waals surface area contributed by atoms with E-state index in [1.165, 1.54) is 20.8 Å². The first kappa shape index (κ1) is 27.8. The van der Waals surface area contributed by atoms with Gasteiger partial charge >= 0.3 is 5.97 Å². The highest BCUT2D eigenvalue weighted by Gasteiger charge is 2.45. The van der Waals surface area contributed by atoms with Gasteiger partial charge < -0.3 is 29.9 Å². The van der Waals surface area contributed by atoms with Crippen molar-refractivity contribution in [2.45, 2.75) is 63.4 Å². The number of nitrogens with one attached hydrogen (secondary N) is 1. The molecule has 3 aliphatic heterocycles. The minimum absolute atomic E-state index is 0.124. The van der Waals surface area contributed by atoms with Crippen LogP contribution in [0.5, 0.6) is 11.5 Å². The summed E-state index contributed by atoms with van der Waals surface area (Å²) in [5.41, 5.74) is 0.451. The number of aliphatic hydroxyl groups excluding tert-OH is 1. The molecule has 2 atom stereocenters. The second-order valence-corrected chi connectivity index (χ2v) is 12.0. The third kappa shape index (κ3) is 5.63. The minimum atomic E-state index is -1.51. The van der Waals surface area contributed by atoms with E-state index < -0.39 is 17.7 Å². The Balaban J connectivity index is 1.32. The predicted octanol–water partition coefficient (Wildman–Crippen LogP) is 4.21. The number of carbonyl (C=O) groups is 2. The lowest BCUT2D eigenvalue weighted by Gasteiger charge is -2.41. The van der Waals surface area contributed by atoms with Crippen LogP contribution < -0.4 is 19.7 Å². The number of fused-ring (bicyclic) bond motifs is 1. The Kier molecular flexibility index (Phi) is 7.39. The standard InChI is InChI=1S/C28H33Cl2N3O6/c1-16(34)31-20-11-19(30)25(38-27(2,3)26(36)37)12-21(20)33-14-22(23(35)15-33)32-8-6-28(7-9-32)13-17-10-18(29)4-5-24(17)39-28/h4-5,10-12,22-23,35H,6-9,13-15H2,1-3H3,(H,31,34)(H,36,37)/t22?,23-/m1/s1. The van der Waals surface area contributed by atoms with Crippen molar-refractivity contribution >= 4 is 46.5 Å². The lowest BCUT2D eigenvalue weighted by Crippen LogP contribution is -2.53. The molecule has 11 heteroatoms. The number of hydrogen-bond acceptors (Lipinski definition) is 7. The van der Waals surface area contributed by atoms with Gasteiger partial charge in [0, 0.05) is 63.5 Å². The first-order valence-corrected chi connectivity index (χ1v) is 13.8. The number of carboxylic acids is 1. The zero-order valence-corrected chi connectivity index (χ0v) is 23.7. The molecule has 39 heavy (non-hydrogen) atoms. The maximum Gasteiger partial charge on any atom is 0.347 e. The number of aliphatic carboxylic acids is 1. The minimum Gasteiger partial charge on any atom is -0.487 e. The summed E-state index contributed by atoms with van der Waals surface area (Å²) >= 11 is 12.6. The number of ether oxygens (including phenoxy) is 2. The van der Waals surface area contributed by atoms with E-state index in [1.54, 1.807) is 12.1 Å². The average Bonchev–Trinajstić information content (AvgIpc) is 3.40. The number of hydrogen-bond donors (Lipinski definition) is 3. The molecule has 2 aromatic carbocycles. The highest BCUT2D eigenvalue weighted by molar-refractivity contribution is 6.32. The SMILES string of the molecule is CC(=O)Nc1cc(Cl)c(OC(C)(C)C(=O)O)cc1N1CC(N2CCC3(CC2)Cc2cc(Cl)ccc2O3)[C@H](O)C1. The Bertz CT molecular complexity index is 1290. The molecule has 2 saturated heterocycles. The molecule has 1 unspecified atom stereocenters. The summed E-state index contributed by atoms with van der Waals surface area (Å²) in [6, 6.07) is 8.82. The van der Waals surface area contributed by atoms with Crippen molar-refractivity contribution in [3.05, 3.63) is 45.9 Å². The van der Waals surface area contributed by atoms with Crippen molar-refractivity contribution in [1.29, 1.82) is 0 Å². The third-order valence-electron chi connectivity index (χ3n) is 7.88. The molecular formula is C28H33Cl2N3O6. The molecule has 1 spiro atoms. The number of anilines is 2. The maximum atomic E-state index is 11.9. The number of amides is 1. The van der Waals surface area contributed by atoms with Crippen LogP contribution in [0.4, 0.5) is 11.4 Å². The Morgan fingerprint density at radius 1 is 1.15 bits per heavy atom.